The van der Waals surface area contributed by atoms with Crippen LogP contribution in [0.2, 0.25) is 0 Å². The number of carboxylic acids is 1. The molecule has 0 fully saturated rings. The number of hydrogen-bond donors (Lipinski definition) is 2. The monoisotopic (exact) mass is 485 g/mol. The van der Waals surface area contributed by atoms with Gasteiger partial charge in [-0.1, -0.05) is 48.5 Å². The summed E-state index contributed by atoms with van der Waals surface area (Å²) in [4.78, 5) is 26.4. The number of carbonyl (C=O) groups is 2. The van der Waals surface area contributed by atoms with Crippen molar-refractivity contribution in [2.75, 3.05) is 7.11 Å². The highest BCUT2D eigenvalue weighted by Crippen LogP contribution is 2.27. The van der Waals surface area contributed by atoms with Gasteiger partial charge in [-0.3, -0.25) is 4.79 Å². The molecule has 4 aromatic rings. The smallest absolute Gasteiger partial charge is 0.339 e. The molecule has 0 aromatic heterocycles. The van der Waals surface area contributed by atoms with E-state index in [2.05, 4.69) is 0 Å². The summed E-state index contributed by atoms with van der Waals surface area (Å²) in [5, 5.41) is 19.0. The van der Waals surface area contributed by atoms with Crippen molar-refractivity contribution in [2.45, 2.75) is 13.1 Å². The van der Waals surface area contributed by atoms with Crippen molar-refractivity contribution in [1.29, 1.82) is 0 Å². The van der Waals surface area contributed by atoms with Gasteiger partial charge in [0, 0.05) is 18.7 Å². The van der Waals surface area contributed by atoms with E-state index in [4.69, 9.17) is 4.74 Å². The first-order valence-corrected chi connectivity index (χ1v) is 11.2. The number of amides is 1. The number of benzene rings is 4. The van der Waals surface area contributed by atoms with Crippen LogP contribution in [0.15, 0.2) is 91.0 Å². The fraction of sp³-hybridized carbons (Fsp3) is 0.103. The summed E-state index contributed by atoms with van der Waals surface area (Å²) >= 11 is 0. The van der Waals surface area contributed by atoms with Gasteiger partial charge in [0.15, 0.2) is 0 Å². The third-order valence-electron chi connectivity index (χ3n) is 5.78. The van der Waals surface area contributed by atoms with E-state index in [1.165, 1.54) is 31.4 Å². The summed E-state index contributed by atoms with van der Waals surface area (Å²) in [6, 6.07) is 24.7. The lowest BCUT2D eigenvalue weighted by atomic mass is 10.0. The van der Waals surface area contributed by atoms with Crippen LogP contribution >= 0.6 is 0 Å². The van der Waals surface area contributed by atoms with Crippen molar-refractivity contribution in [3.63, 3.8) is 0 Å². The molecule has 0 atom stereocenters. The maximum absolute atomic E-state index is 13.4. The normalized spacial score (nSPS) is 10.6. The Kier molecular flexibility index (Phi) is 7.30. The summed E-state index contributed by atoms with van der Waals surface area (Å²) in [6.45, 7) is 0.571. The summed E-state index contributed by atoms with van der Waals surface area (Å²) in [5.41, 5.74) is 3.35. The molecule has 0 bridgehead atoms. The Morgan fingerprint density at radius 3 is 2.06 bits per heavy atom. The number of carbonyl (C=O) groups excluding carboxylic acids is 1. The van der Waals surface area contributed by atoms with E-state index in [1.807, 2.05) is 24.3 Å². The Bertz CT molecular complexity index is 1380. The molecule has 36 heavy (non-hydrogen) atoms. The largest absolute Gasteiger partial charge is 0.507 e. The molecule has 0 aliphatic carbocycles. The van der Waals surface area contributed by atoms with Gasteiger partial charge in [0.2, 0.25) is 0 Å². The van der Waals surface area contributed by atoms with Gasteiger partial charge in [-0.05, 0) is 64.7 Å². The maximum atomic E-state index is 13.4. The number of methoxy groups -OCH3 is 1. The Morgan fingerprint density at radius 2 is 1.44 bits per heavy atom. The van der Waals surface area contributed by atoms with Crippen molar-refractivity contribution >= 4 is 11.9 Å². The molecule has 6 nitrogen and oxygen atoms in total. The molecule has 0 saturated heterocycles. The number of ether oxygens (including phenoxy) is 1. The molecule has 2 N–H and O–H groups in total. The Labute approximate surface area is 207 Å². The molecule has 0 spiro atoms. The zero-order chi connectivity index (χ0) is 25.7. The second-order valence-electron chi connectivity index (χ2n) is 8.25. The predicted octanol–water partition coefficient (Wildman–Crippen LogP) is 5.75. The lowest BCUT2D eigenvalue weighted by molar-refractivity contribution is 0.0691. The van der Waals surface area contributed by atoms with E-state index >= 15 is 0 Å². The van der Waals surface area contributed by atoms with Crippen molar-refractivity contribution in [3.8, 4) is 22.6 Å². The first kappa shape index (κ1) is 24.5. The van der Waals surface area contributed by atoms with Crippen LogP contribution in [0.1, 0.15) is 31.8 Å². The number of halogens is 1. The average Bonchev–Trinajstić information content (AvgIpc) is 2.89. The molecule has 1 amide bonds. The summed E-state index contributed by atoms with van der Waals surface area (Å²) in [5.74, 6) is -1.48. The first-order chi connectivity index (χ1) is 17.3. The molecule has 182 valence electrons. The van der Waals surface area contributed by atoms with Crippen LogP contribution in [0.3, 0.4) is 0 Å². The van der Waals surface area contributed by atoms with Gasteiger partial charge in [0.05, 0.1) is 7.11 Å². The van der Waals surface area contributed by atoms with E-state index in [0.29, 0.717) is 23.4 Å². The SMILES string of the molecule is COc1cccc(C(=O)N(Cc2ccc(F)cc2)Cc2ccc(-c3ccc(O)c(C(=O)O)c3)cc2)c1. The molecule has 0 unspecified atom stereocenters. The molecule has 4 aromatic carbocycles. The highest BCUT2D eigenvalue weighted by Gasteiger charge is 2.18. The molecular formula is C29H24FNO5. The van der Waals surface area contributed by atoms with Gasteiger partial charge in [-0.25, -0.2) is 9.18 Å². The number of aromatic carboxylic acids is 1. The van der Waals surface area contributed by atoms with Gasteiger partial charge in [0.1, 0.15) is 22.9 Å². The third-order valence-corrected chi connectivity index (χ3v) is 5.78. The van der Waals surface area contributed by atoms with E-state index in [9.17, 15) is 24.2 Å². The van der Waals surface area contributed by atoms with E-state index in [1.54, 1.807) is 47.4 Å². The van der Waals surface area contributed by atoms with Crippen LogP contribution in [-0.4, -0.2) is 34.1 Å². The van der Waals surface area contributed by atoms with Crippen molar-refractivity contribution in [1.82, 2.24) is 4.90 Å². The third kappa shape index (κ3) is 5.70. The van der Waals surface area contributed by atoms with Crippen LogP contribution in [-0.2, 0) is 13.1 Å². The summed E-state index contributed by atoms with van der Waals surface area (Å²) < 4.78 is 18.7. The van der Waals surface area contributed by atoms with Gasteiger partial charge < -0.3 is 19.8 Å². The second-order valence-corrected chi connectivity index (χ2v) is 8.25. The van der Waals surface area contributed by atoms with E-state index in [-0.39, 0.29) is 29.6 Å². The van der Waals surface area contributed by atoms with Crippen molar-refractivity contribution < 1.29 is 28.9 Å². The highest BCUT2D eigenvalue weighted by atomic mass is 19.1. The zero-order valence-electron chi connectivity index (χ0n) is 19.5. The predicted molar refractivity (Wildman–Crippen MR) is 133 cm³/mol. The molecule has 0 aliphatic rings. The van der Waals surface area contributed by atoms with E-state index in [0.717, 1.165) is 16.7 Å². The fourth-order valence-electron chi connectivity index (χ4n) is 3.86. The zero-order valence-corrected chi connectivity index (χ0v) is 19.5. The standard InChI is InChI=1S/C29H24FNO5/c1-36-25-4-2-3-23(15-25)28(33)31(18-20-7-12-24(30)13-8-20)17-19-5-9-21(10-6-19)22-11-14-27(32)26(16-22)29(34)35/h2-16,32H,17-18H2,1H3,(H,34,35). The molecular weight excluding hydrogens is 461 g/mol. The van der Waals surface area contributed by atoms with Crippen molar-refractivity contribution in [3.05, 3.63) is 119 Å². The van der Waals surface area contributed by atoms with Gasteiger partial charge >= 0.3 is 5.97 Å². The molecule has 0 aliphatic heterocycles. The molecule has 4 rings (SSSR count). The quantitative estimate of drug-likeness (QED) is 0.332. The van der Waals surface area contributed by atoms with Crippen LogP contribution in [0.4, 0.5) is 4.39 Å². The lowest BCUT2D eigenvalue weighted by Gasteiger charge is -2.24. The second kappa shape index (κ2) is 10.7. The summed E-state index contributed by atoms with van der Waals surface area (Å²) in [7, 11) is 1.54. The lowest BCUT2D eigenvalue weighted by Crippen LogP contribution is -2.30. The number of phenols is 1. The number of carboxylic acid groups (broad SMARTS) is 1. The molecule has 0 saturated carbocycles. The number of aromatic hydroxyl groups is 1. The number of nitrogens with zero attached hydrogens (tertiary/aromatic N) is 1. The van der Waals surface area contributed by atoms with Crippen LogP contribution in [0.5, 0.6) is 11.5 Å². The number of rotatable bonds is 8. The Hall–Kier alpha value is -4.65. The first-order valence-electron chi connectivity index (χ1n) is 11.2. The average molecular weight is 486 g/mol. The molecule has 7 heteroatoms. The van der Waals surface area contributed by atoms with Crippen LogP contribution < -0.4 is 4.74 Å². The minimum atomic E-state index is -1.21. The topological polar surface area (TPSA) is 87.1 Å². The number of hydrogen-bond acceptors (Lipinski definition) is 4. The molecule has 0 radical (unpaired) electrons. The minimum absolute atomic E-state index is 0.175. The van der Waals surface area contributed by atoms with Gasteiger partial charge in [-0.15, -0.1) is 0 Å². The highest BCUT2D eigenvalue weighted by molar-refractivity contribution is 5.94. The van der Waals surface area contributed by atoms with Crippen LogP contribution in [0.25, 0.3) is 11.1 Å². The molecule has 0 heterocycles. The Balaban J connectivity index is 1.60. The van der Waals surface area contributed by atoms with Gasteiger partial charge in [-0.2, -0.15) is 0 Å². The van der Waals surface area contributed by atoms with E-state index < -0.39 is 5.97 Å². The minimum Gasteiger partial charge on any atom is -0.507 e. The summed E-state index contributed by atoms with van der Waals surface area (Å²) in [6.07, 6.45) is 0. The van der Waals surface area contributed by atoms with Crippen LogP contribution in [0, 0.1) is 5.82 Å². The Morgan fingerprint density at radius 1 is 0.833 bits per heavy atom. The maximum Gasteiger partial charge on any atom is 0.339 e. The van der Waals surface area contributed by atoms with Crippen molar-refractivity contribution in [2.24, 2.45) is 0 Å². The fourth-order valence-corrected chi connectivity index (χ4v) is 3.86. The van der Waals surface area contributed by atoms with Gasteiger partial charge in [0.25, 0.3) is 5.91 Å².